The van der Waals surface area contributed by atoms with Crippen molar-refractivity contribution in [3.05, 3.63) is 28.3 Å². The molecule has 1 rings (SSSR count). The molecule has 0 saturated heterocycles. The second-order valence-electron chi connectivity index (χ2n) is 4.81. The molecule has 0 aromatic heterocycles. The van der Waals surface area contributed by atoms with Gasteiger partial charge in [-0.3, -0.25) is 14.9 Å². The minimum Gasteiger partial charge on any atom is -0.383 e. The van der Waals surface area contributed by atoms with Crippen LogP contribution >= 0.6 is 0 Å². The summed E-state index contributed by atoms with van der Waals surface area (Å²) in [4.78, 5) is 23.5. The third-order valence-electron chi connectivity index (χ3n) is 3.14. The minimum atomic E-state index is -3.80. The topological polar surface area (TPSA) is 131 Å². The molecule has 1 aromatic rings. The Morgan fingerprint density at radius 1 is 1.42 bits per heavy atom. The van der Waals surface area contributed by atoms with Gasteiger partial charge in [0.15, 0.2) is 0 Å². The molecule has 0 spiro atoms. The van der Waals surface area contributed by atoms with Gasteiger partial charge in [0, 0.05) is 26.8 Å². The van der Waals surface area contributed by atoms with Crippen molar-refractivity contribution < 1.29 is 22.9 Å². The van der Waals surface area contributed by atoms with Gasteiger partial charge in [-0.1, -0.05) is 0 Å². The van der Waals surface area contributed by atoms with Crippen molar-refractivity contribution in [1.29, 1.82) is 0 Å². The number of hydrogen-bond acceptors (Lipinski definition) is 7. The van der Waals surface area contributed by atoms with E-state index in [1.165, 1.54) is 38.2 Å². The first-order valence-corrected chi connectivity index (χ1v) is 8.40. The zero-order chi connectivity index (χ0) is 18.3. The number of anilines is 1. The lowest BCUT2D eigenvalue weighted by Gasteiger charge is -2.19. The summed E-state index contributed by atoms with van der Waals surface area (Å²) in [5, 5.41) is 13.8. The highest BCUT2D eigenvalue weighted by atomic mass is 32.2. The second kappa shape index (κ2) is 8.57. The van der Waals surface area contributed by atoms with Crippen molar-refractivity contribution >= 4 is 27.3 Å². The van der Waals surface area contributed by atoms with Crippen molar-refractivity contribution in [3.63, 3.8) is 0 Å². The Morgan fingerprint density at radius 2 is 2.08 bits per heavy atom. The molecule has 11 heteroatoms. The summed E-state index contributed by atoms with van der Waals surface area (Å²) in [5.74, 6) is -0.337. The molecule has 0 heterocycles. The van der Waals surface area contributed by atoms with Gasteiger partial charge in [-0.15, -0.1) is 0 Å². The lowest BCUT2D eigenvalue weighted by Crippen LogP contribution is -2.36. The van der Waals surface area contributed by atoms with Gasteiger partial charge in [-0.05, 0) is 19.2 Å². The molecular weight excluding hydrogens is 340 g/mol. The number of methoxy groups -OCH3 is 1. The summed E-state index contributed by atoms with van der Waals surface area (Å²) in [6, 6.07) is 3.50. The first-order valence-electron chi connectivity index (χ1n) is 6.91. The number of nitrogens with one attached hydrogen (secondary N) is 2. The number of ether oxygens (including phenoxy) is 1. The van der Waals surface area contributed by atoms with Crippen molar-refractivity contribution in [3.8, 4) is 0 Å². The van der Waals surface area contributed by atoms with E-state index in [2.05, 4.69) is 10.0 Å². The van der Waals surface area contributed by atoms with Crippen LogP contribution in [0.3, 0.4) is 0 Å². The molecule has 1 amide bonds. The molecule has 0 radical (unpaired) electrons. The number of carbonyl (C=O) groups excluding carboxylic acids is 1. The fourth-order valence-electron chi connectivity index (χ4n) is 1.91. The molecule has 0 unspecified atom stereocenters. The van der Waals surface area contributed by atoms with Crippen LogP contribution in [0.1, 0.15) is 0 Å². The standard InChI is InChI=1S/C13H20N4O6S/c1-14-24(21,22)10-4-5-11(12(8-10)17(19)20)16(2)9-13(18)15-6-7-23-3/h4-5,8,14H,6-7,9H2,1-3H3,(H,15,18). The maximum atomic E-state index is 11.8. The van der Waals surface area contributed by atoms with Crippen molar-refractivity contribution in [2.24, 2.45) is 0 Å². The van der Waals surface area contributed by atoms with Crippen molar-refractivity contribution in [1.82, 2.24) is 10.0 Å². The molecular formula is C13H20N4O6S. The maximum absolute atomic E-state index is 11.8. The average Bonchev–Trinajstić information content (AvgIpc) is 2.54. The molecule has 0 atom stereocenters. The fraction of sp³-hybridized carbons (Fsp3) is 0.462. The minimum absolute atomic E-state index is 0.122. The van der Waals surface area contributed by atoms with Gasteiger partial charge >= 0.3 is 0 Å². The molecule has 0 aliphatic carbocycles. The number of nitrogens with zero attached hydrogens (tertiary/aromatic N) is 2. The summed E-state index contributed by atoms with van der Waals surface area (Å²) >= 11 is 0. The first-order chi connectivity index (χ1) is 11.2. The van der Waals surface area contributed by atoms with Crippen molar-refractivity contribution in [2.75, 3.05) is 45.8 Å². The van der Waals surface area contributed by atoms with Crippen LogP contribution in [0.25, 0.3) is 0 Å². The van der Waals surface area contributed by atoms with E-state index in [1.54, 1.807) is 0 Å². The molecule has 0 fully saturated rings. The molecule has 134 valence electrons. The van der Waals surface area contributed by atoms with Crippen LogP contribution in [0, 0.1) is 10.1 Å². The first kappa shape index (κ1) is 19.8. The summed E-state index contributed by atoms with van der Waals surface area (Å²) in [6.45, 7) is 0.555. The summed E-state index contributed by atoms with van der Waals surface area (Å²) < 4.78 is 30.4. The number of amides is 1. The monoisotopic (exact) mass is 360 g/mol. The van der Waals surface area contributed by atoms with E-state index in [1.807, 2.05) is 0 Å². The Balaban J connectivity index is 3.02. The van der Waals surface area contributed by atoms with Gasteiger partial charge in [0.25, 0.3) is 5.69 Å². The van der Waals surface area contributed by atoms with Gasteiger partial charge in [-0.25, -0.2) is 13.1 Å². The lowest BCUT2D eigenvalue weighted by molar-refractivity contribution is -0.384. The maximum Gasteiger partial charge on any atom is 0.293 e. The number of carbonyl (C=O) groups is 1. The Bertz CT molecular complexity index is 706. The SMILES string of the molecule is CNS(=O)(=O)c1ccc(N(C)CC(=O)NCCOC)c([N+](=O)[O-])c1. The number of likely N-dealkylation sites (N-methyl/N-ethyl adjacent to an activating group) is 1. The van der Waals surface area contributed by atoms with Crippen LogP contribution in [-0.2, 0) is 19.6 Å². The van der Waals surface area contributed by atoms with Gasteiger partial charge in [-0.2, -0.15) is 0 Å². The second-order valence-corrected chi connectivity index (χ2v) is 6.70. The summed E-state index contributed by atoms with van der Waals surface area (Å²) in [7, 11) is 0.420. The van der Waals surface area contributed by atoms with Crippen LogP contribution in [0.5, 0.6) is 0 Å². The van der Waals surface area contributed by atoms with E-state index in [4.69, 9.17) is 4.74 Å². The highest BCUT2D eigenvalue weighted by Gasteiger charge is 2.23. The number of hydrogen-bond donors (Lipinski definition) is 2. The van der Waals surface area contributed by atoms with E-state index in [9.17, 15) is 23.3 Å². The zero-order valence-electron chi connectivity index (χ0n) is 13.6. The Kier molecular flexibility index (Phi) is 7.07. The predicted molar refractivity (Wildman–Crippen MR) is 87.5 cm³/mol. The normalized spacial score (nSPS) is 11.1. The van der Waals surface area contributed by atoms with E-state index in [-0.39, 0.29) is 23.0 Å². The number of nitro groups is 1. The van der Waals surface area contributed by atoms with Gasteiger partial charge in [0.1, 0.15) is 5.69 Å². The molecule has 0 aliphatic heterocycles. The van der Waals surface area contributed by atoms with E-state index in [0.717, 1.165) is 6.07 Å². The average molecular weight is 360 g/mol. The molecule has 0 bridgehead atoms. The fourth-order valence-corrected chi connectivity index (χ4v) is 2.66. The van der Waals surface area contributed by atoms with Crippen molar-refractivity contribution in [2.45, 2.75) is 4.90 Å². The quantitative estimate of drug-likeness (QED) is 0.351. The largest absolute Gasteiger partial charge is 0.383 e. The molecule has 1 aromatic carbocycles. The Labute approximate surface area is 140 Å². The lowest BCUT2D eigenvalue weighted by atomic mass is 10.2. The van der Waals surface area contributed by atoms with E-state index in [0.29, 0.717) is 13.2 Å². The molecule has 24 heavy (non-hydrogen) atoms. The summed E-state index contributed by atoms with van der Waals surface area (Å²) in [6.07, 6.45) is 0. The van der Waals surface area contributed by atoms with Crippen LogP contribution in [0.2, 0.25) is 0 Å². The van der Waals surface area contributed by atoms with E-state index < -0.39 is 20.6 Å². The van der Waals surface area contributed by atoms with Crippen LogP contribution in [0.15, 0.2) is 23.1 Å². The van der Waals surface area contributed by atoms with Crippen LogP contribution in [-0.4, -0.2) is 60.1 Å². The third-order valence-corrected chi connectivity index (χ3v) is 4.55. The molecule has 0 saturated carbocycles. The number of sulfonamides is 1. The van der Waals surface area contributed by atoms with E-state index >= 15 is 0 Å². The highest BCUT2D eigenvalue weighted by Crippen LogP contribution is 2.29. The van der Waals surface area contributed by atoms with Crippen LogP contribution in [0.4, 0.5) is 11.4 Å². The molecule has 2 N–H and O–H groups in total. The Morgan fingerprint density at radius 3 is 2.62 bits per heavy atom. The molecule has 0 aliphatic rings. The number of rotatable bonds is 9. The Hall–Kier alpha value is -2.24. The summed E-state index contributed by atoms with van der Waals surface area (Å²) in [5.41, 5.74) is -0.268. The zero-order valence-corrected chi connectivity index (χ0v) is 14.4. The van der Waals surface area contributed by atoms with Crippen LogP contribution < -0.4 is 14.9 Å². The smallest absolute Gasteiger partial charge is 0.293 e. The van der Waals surface area contributed by atoms with Gasteiger partial charge in [0.2, 0.25) is 15.9 Å². The number of nitro benzene ring substituents is 1. The predicted octanol–water partition coefficient (Wildman–Crippen LogP) is -0.298. The number of benzene rings is 1. The molecule has 10 nitrogen and oxygen atoms in total. The highest BCUT2D eigenvalue weighted by molar-refractivity contribution is 7.89. The van der Waals surface area contributed by atoms with Gasteiger partial charge < -0.3 is 15.0 Å². The third kappa shape index (κ3) is 5.15. The van der Waals surface area contributed by atoms with Gasteiger partial charge in [0.05, 0.1) is 23.0 Å².